The molecule has 1 aromatic heterocycles. The van der Waals surface area contributed by atoms with Crippen LogP contribution in [0, 0.1) is 0 Å². The Morgan fingerprint density at radius 1 is 1.22 bits per heavy atom. The number of aromatic nitrogens is 1. The highest BCUT2D eigenvalue weighted by molar-refractivity contribution is 6.01. The number of hydrogen-bond acceptors (Lipinski definition) is 3. The van der Waals surface area contributed by atoms with Crippen LogP contribution in [0.2, 0.25) is 0 Å². The van der Waals surface area contributed by atoms with Gasteiger partial charge in [-0.2, -0.15) is 0 Å². The Hall–Kier alpha value is -2.27. The van der Waals surface area contributed by atoms with Crippen molar-refractivity contribution in [2.75, 3.05) is 33.8 Å². The summed E-state index contributed by atoms with van der Waals surface area (Å²) in [6, 6.07) is 7.99. The van der Waals surface area contributed by atoms with Crippen molar-refractivity contribution in [3.63, 3.8) is 0 Å². The van der Waals surface area contributed by atoms with E-state index in [1.165, 1.54) is 0 Å². The first-order valence-electron chi connectivity index (χ1n) is 7.91. The molecule has 0 saturated carbocycles. The van der Waals surface area contributed by atoms with Gasteiger partial charge in [0.1, 0.15) is 5.75 Å². The topological polar surface area (TPSA) is 48.6 Å². The minimum absolute atomic E-state index is 0.0766. The molecule has 1 atom stereocenters. The van der Waals surface area contributed by atoms with Crippen molar-refractivity contribution in [3.05, 3.63) is 42.2 Å². The van der Waals surface area contributed by atoms with E-state index in [0.717, 1.165) is 36.5 Å². The van der Waals surface area contributed by atoms with Crippen LogP contribution in [-0.2, 0) is 0 Å². The molecule has 122 valence electrons. The number of carbonyl (C=O) groups excluding carboxylic acids is 1. The van der Waals surface area contributed by atoms with Crippen LogP contribution in [-0.4, -0.2) is 60.5 Å². The van der Waals surface area contributed by atoms with Crippen LogP contribution in [0.15, 0.2) is 36.7 Å². The summed E-state index contributed by atoms with van der Waals surface area (Å²) in [6.45, 7) is 4.67. The number of likely N-dealkylation sites (N-methyl/N-ethyl adjacent to an activating group) is 1. The van der Waals surface area contributed by atoms with Crippen LogP contribution >= 0.6 is 0 Å². The lowest BCUT2D eigenvalue weighted by molar-refractivity contribution is 0.0534. The Morgan fingerprint density at radius 3 is 2.74 bits per heavy atom. The Kier molecular flexibility index (Phi) is 4.39. The fourth-order valence-corrected chi connectivity index (χ4v) is 3.23. The van der Waals surface area contributed by atoms with E-state index in [-0.39, 0.29) is 11.9 Å². The van der Waals surface area contributed by atoms with Crippen molar-refractivity contribution in [3.8, 4) is 16.9 Å². The van der Waals surface area contributed by atoms with Gasteiger partial charge in [-0.15, -0.1) is 0 Å². The molecule has 2 aromatic rings. The zero-order chi connectivity index (χ0) is 16.4. The van der Waals surface area contributed by atoms with Gasteiger partial charge in [0.05, 0.1) is 12.7 Å². The quantitative estimate of drug-likeness (QED) is 0.947. The molecule has 1 aromatic carbocycles. The maximum Gasteiger partial charge on any atom is 0.256 e. The van der Waals surface area contributed by atoms with E-state index >= 15 is 0 Å². The second-order valence-corrected chi connectivity index (χ2v) is 6.09. The molecule has 1 fully saturated rings. The molecule has 2 heterocycles. The van der Waals surface area contributed by atoms with Crippen LogP contribution in [0.5, 0.6) is 5.75 Å². The highest BCUT2D eigenvalue weighted by atomic mass is 16.5. The molecule has 0 radical (unpaired) electrons. The van der Waals surface area contributed by atoms with E-state index in [1.54, 1.807) is 13.3 Å². The number of nitrogens with zero attached hydrogens (tertiary/aromatic N) is 2. The third-order valence-electron chi connectivity index (χ3n) is 4.46. The summed E-state index contributed by atoms with van der Waals surface area (Å²) in [5, 5.41) is 0. The Bertz CT molecular complexity index is 695. The van der Waals surface area contributed by atoms with Crippen LogP contribution in [0.1, 0.15) is 17.3 Å². The first kappa shape index (κ1) is 15.6. The summed E-state index contributed by atoms with van der Waals surface area (Å²) in [7, 11) is 3.74. The molecule has 0 unspecified atom stereocenters. The van der Waals surface area contributed by atoms with Gasteiger partial charge in [-0.1, -0.05) is 18.2 Å². The average molecular weight is 313 g/mol. The largest absolute Gasteiger partial charge is 0.496 e. The number of carbonyl (C=O) groups is 1. The highest BCUT2D eigenvalue weighted by Crippen LogP contribution is 2.33. The molecular formula is C18H23N3O2. The summed E-state index contributed by atoms with van der Waals surface area (Å²) >= 11 is 0. The van der Waals surface area contributed by atoms with Gasteiger partial charge < -0.3 is 19.5 Å². The first-order valence-corrected chi connectivity index (χ1v) is 7.91. The minimum Gasteiger partial charge on any atom is -0.496 e. The molecule has 5 nitrogen and oxygen atoms in total. The summed E-state index contributed by atoms with van der Waals surface area (Å²) in [5.41, 5.74) is 2.52. The van der Waals surface area contributed by atoms with Crippen LogP contribution in [0.3, 0.4) is 0 Å². The summed E-state index contributed by atoms with van der Waals surface area (Å²) in [5.74, 6) is 0.848. The van der Waals surface area contributed by atoms with Crippen LogP contribution in [0.25, 0.3) is 11.1 Å². The van der Waals surface area contributed by atoms with Crippen molar-refractivity contribution in [2.24, 2.45) is 0 Å². The predicted octanol–water partition coefficient (Wildman–Crippen LogP) is 2.47. The van der Waals surface area contributed by atoms with Gasteiger partial charge in [0.15, 0.2) is 0 Å². The van der Waals surface area contributed by atoms with Gasteiger partial charge in [-0.05, 0) is 20.0 Å². The maximum absolute atomic E-state index is 13.0. The number of methoxy groups -OCH3 is 1. The van der Waals surface area contributed by atoms with Crippen molar-refractivity contribution in [1.29, 1.82) is 0 Å². The van der Waals surface area contributed by atoms with E-state index in [1.807, 2.05) is 35.4 Å². The molecular weight excluding hydrogens is 290 g/mol. The van der Waals surface area contributed by atoms with Crippen molar-refractivity contribution >= 4 is 5.91 Å². The second-order valence-electron chi connectivity index (χ2n) is 6.09. The fourth-order valence-electron chi connectivity index (χ4n) is 3.23. The number of amides is 1. The van der Waals surface area contributed by atoms with E-state index < -0.39 is 0 Å². The molecule has 0 aliphatic carbocycles. The van der Waals surface area contributed by atoms with E-state index in [9.17, 15) is 4.79 Å². The molecule has 1 N–H and O–H groups in total. The standard InChI is InChI=1S/C18H23N3O2/c1-13-12-20(2)8-9-21(13)18(22)16-11-19-10-15(16)14-6-4-5-7-17(14)23-3/h4-7,10-11,13,19H,8-9,12H2,1-3H3/t13-/m0/s1. The number of H-pyrrole nitrogens is 1. The van der Waals surface area contributed by atoms with E-state index in [0.29, 0.717) is 5.56 Å². The smallest absolute Gasteiger partial charge is 0.256 e. The molecule has 3 rings (SSSR count). The van der Waals surface area contributed by atoms with Crippen LogP contribution < -0.4 is 4.74 Å². The summed E-state index contributed by atoms with van der Waals surface area (Å²) in [4.78, 5) is 20.3. The minimum atomic E-state index is 0.0766. The van der Waals surface area contributed by atoms with Gasteiger partial charge in [-0.3, -0.25) is 4.79 Å². The van der Waals surface area contributed by atoms with Crippen molar-refractivity contribution in [1.82, 2.24) is 14.8 Å². The molecule has 1 amide bonds. The molecule has 1 aliphatic heterocycles. The van der Waals surface area contributed by atoms with Crippen molar-refractivity contribution in [2.45, 2.75) is 13.0 Å². The number of para-hydroxylation sites is 1. The average Bonchev–Trinajstić information content (AvgIpc) is 3.03. The molecule has 1 saturated heterocycles. The second kappa shape index (κ2) is 6.46. The number of aromatic amines is 1. The number of ether oxygens (including phenoxy) is 1. The molecule has 23 heavy (non-hydrogen) atoms. The fraction of sp³-hybridized carbons (Fsp3) is 0.389. The third-order valence-corrected chi connectivity index (χ3v) is 4.46. The van der Waals surface area contributed by atoms with Crippen LogP contribution in [0.4, 0.5) is 0 Å². The normalized spacial score (nSPS) is 18.9. The molecule has 0 bridgehead atoms. The van der Waals surface area contributed by atoms with Gasteiger partial charge >= 0.3 is 0 Å². The Balaban J connectivity index is 1.93. The first-order chi connectivity index (χ1) is 11.1. The number of piperazine rings is 1. The van der Waals surface area contributed by atoms with E-state index in [4.69, 9.17) is 4.74 Å². The monoisotopic (exact) mass is 313 g/mol. The Morgan fingerprint density at radius 2 is 2.00 bits per heavy atom. The SMILES string of the molecule is COc1ccccc1-c1c[nH]cc1C(=O)N1CCN(C)C[C@@H]1C. The van der Waals surface area contributed by atoms with Gasteiger partial charge in [0.2, 0.25) is 0 Å². The third kappa shape index (κ3) is 2.97. The van der Waals surface area contributed by atoms with Gasteiger partial charge in [-0.25, -0.2) is 0 Å². The zero-order valence-corrected chi connectivity index (χ0v) is 13.9. The lowest BCUT2D eigenvalue weighted by Gasteiger charge is -2.38. The number of nitrogens with one attached hydrogen (secondary N) is 1. The summed E-state index contributed by atoms with van der Waals surface area (Å²) < 4.78 is 5.44. The van der Waals surface area contributed by atoms with Crippen molar-refractivity contribution < 1.29 is 9.53 Å². The molecule has 0 spiro atoms. The van der Waals surface area contributed by atoms with E-state index in [2.05, 4.69) is 23.9 Å². The number of benzene rings is 1. The summed E-state index contributed by atoms with van der Waals surface area (Å²) in [6.07, 6.45) is 3.65. The Labute approximate surface area is 136 Å². The molecule has 5 heteroatoms. The number of hydrogen-bond donors (Lipinski definition) is 1. The maximum atomic E-state index is 13.0. The number of rotatable bonds is 3. The molecule has 1 aliphatic rings. The van der Waals surface area contributed by atoms with Gasteiger partial charge in [0, 0.05) is 49.2 Å². The van der Waals surface area contributed by atoms with Gasteiger partial charge in [0.25, 0.3) is 5.91 Å². The predicted molar refractivity (Wildman–Crippen MR) is 90.8 cm³/mol. The zero-order valence-electron chi connectivity index (χ0n) is 13.9. The lowest BCUT2D eigenvalue weighted by Crippen LogP contribution is -2.52. The lowest BCUT2D eigenvalue weighted by atomic mass is 10.0. The highest BCUT2D eigenvalue weighted by Gasteiger charge is 2.28.